The molecule has 102 valence electrons. The minimum absolute atomic E-state index is 0.0244. The maximum absolute atomic E-state index is 10.8. The fourth-order valence-corrected chi connectivity index (χ4v) is 2.18. The summed E-state index contributed by atoms with van der Waals surface area (Å²) in [5.41, 5.74) is 0.0244. The Labute approximate surface area is 123 Å². The van der Waals surface area contributed by atoms with Gasteiger partial charge in [-0.2, -0.15) is 0 Å². The van der Waals surface area contributed by atoms with Gasteiger partial charge in [0.05, 0.1) is 16.8 Å². The van der Waals surface area contributed by atoms with Crippen LogP contribution in [-0.2, 0) is 0 Å². The van der Waals surface area contributed by atoms with Crippen molar-refractivity contribution in [1.29, 1.82) is 0 Å². The Balaban J connectivity index is 2.64. The molecular weight excluding hydrogens is 368 g/mol. The van der Waals surface area contributed by atoms with E-state index in [0.29, 0.717) is 22.9 Å². The molecule has 1 rings (SSSR count). The average Bonchev–Trinajstić information content (AvgIpc) is 2.27. The number of ether oxygens (including phenoxy) is 1. The zero-order chi connectivity index (χ0) is 13.7. The first-order valence-corrected chi connectivity index (χ1v) is 7.15. The van der Waals surface area contributed by atoms with Crippen molar-refractivity contribution in [3.8, 4) is 5.88 Å². The smallest absolute Gasteiger partial charge is 0.229 e. The van der Waals surface area contributed by atoms with Crippen molar-refractivity contribution < 1.29 is 9.94 Å². The number of anilines is 1. The van der Waals surface area contributed by atoms with E-state index in [0.717, 1.165) is 12.8 Å². The highest BCUT2D eigenvalue weighted by Crippen LogP contribution is 2.32. The van der Waals surface area contributed by atoms with Crippen LogP contribution in [0.2, 0.25) is 0 Å². The fourth-order valence-electron chi connectivity index (χ4n) is 1.34. The predicted octanol–water partition coefficient (Wildman–Crippen LogP) is 4.12. The van der Waals surface area contributed by atoms with E-state index < -0.39 is 0 Å². The number of nitrogens with zero attached hydrogens (tertiary/aromatic N) is 2. The van der Waals surface area contributed by atoms with E-state index in [1.807, 2.05) is 0 Å². The van der Waals surface area contributed by atoms with Gasteiger partial charge in [-0.1, -0.05) is 13.8 Å². The van der Waals surface area contributed by atoms with E-state index in [-0.39, 0.29) is 15.5 Å². The molecule has 0 unspecified atom stereocenters. The van der Waals surface area contributed by atoms with Crippen molar-refractivity contribution in [2.45, 2.75) is 26.7 Å². The van der Waals surface area contributed by atoms with Crippen LogP contribution in [-0.4, -0.2) is 16.8 Å². The molecule has 0 radical (unpaired) electrons. The number of aromatic nitrogens is 1. The van der Waals surface area contributed by atoms with E-state index in [4.69, 9.17) is 9.94 Å². The molecule has 0 aliphatic heterocycles. The molecule has 0 aliphatic rings. The van der Waals surface area contributed by atoms with Crippen molar-refractivity contribution in [3.05, 3.63) is 20.3 Å². The topological polar surface area (TPSA) is 68.7 Å². The lowest BCUT2D eigenvalue weighted by Crippen LogP contribution is -2.09. The molecular formula is C11H15Br2N2O3-. The molecule has 18 heavy (non-hydrogen) atoms. The molecule has 0 fully saturated rings. The molecule has 1 heterocycles. The van der Waals surface area contributed by atoms with E-state index in [9.17, 15) is 5.21 Å². The summed E-state index contributed by atoms with van der Waals surface area (Å²) in [5, 5.41) is 19.4. The molecule has 1 aromatic heterocycles. The van der Waals surface area contributed by atoms with Crippen molar-refractivity contribution in [2.24, 2.45) is 5.92 Å². The second-order valence-corrected chi connectivity index (χ2v) is 5.85. The lowest BCUT2D eigenvalue weighted by molar-refractivity contribution is 0.282. The van der Waals surface area contributed by atoms with Crippen molar-refractivity contribution in [2.75, 3.05) is 11.8 Å². The first-order valence-electron chi connectivity index (χ1n) is 5.56. The number of hydrogen-bond donors (Lipinski definition) is 1. The van der Waals surface area contributed by atoms with Crippen LogP contribution in [0.15, 0.2) is 15.1 Å². The molecule has 0 spiro atoms. The number of rotatable bonds is 6. The normalized spacial score (nSPS) is 10.8. The number of pyridine rings is 1. The molecule has 1 aromatic rings. The van der Waals surface area contributed by atoms with Crippen LogP contribution in [0.3, 0.4) is 0 Å². The summed E-state index contributed by atoms with van der Waals surface area (Å²) in [7, 11) is 0. The predicted molar refractivity (Wildman–Crippen MR) is 76.8 cm³/mol. The highest BCUT2D eigenvalue weighted by molar-refractivity contribution is 9.11. The van der Waals surface area contributed by atoms with E-state index >= 15 is 0 Å². The second-order valence-electron chi connectivity index (χ2n) is 4.24. The van der Waals surface area contributed by atoms with Gasteiger partial charge in [-0.25, -0.2) is 4.98 Å². The third-order valence-corrected chi connectivity index (χ3v) is 3.40. The van der Waals surface area contributed by atoms with Crippen LogP contribution in [0.4, 0.5) is 5.69 Å². The summed E-state index contributed by atoms with van der Waals surface area (Å²) in [5.74, 6) is 1.04. The molecule has 0 saturated carbocycles. The molecule has 1 N–H and O–H groups in total. The van der Waals surface area contributed by atoms with E-state index in [2.05, 4.69) is 50.7 Å². The monoisotopic (exact) mass is 381 g/mol. The van der Waals surface area contributed by atoms with Crippen LogP contribution >= 0.6 is 31.9 Å². The standard InChI is InChI=1S/C11H15Br2N2O3/c1-7(2)4-3-5-18-11-8(12)6-9(15(16)17)10(13)14-11/h6-7,16H,3-5H2,1-2H3/q-1. The second kappa shape index (κ2) is 7.28. The summed E-state index contributed by atoms with van der Waals surface area (Å²) in [6.45, 7) is 4.88. The molecule has 0 aliphatic carbocycles. The quantitative estimate of drug-likeness (QED) is 0.455. The summed E-state index contributed by atoms with van der Waals surface area (Å²) in [4.78, 5) is 4.06. The summed E-state index contributed by atoms with van der Waals surface area (Å²) in [6.07, 6.45) is 2.03. The Morgan fingerprint density at radius 3 is 2.72 bits per heavy atom. The Kier molecular flexibility index (Phi) is 6.34. The molecule has 0 aromatic carbocycles. The van der Waals surface area contributed by atoms with Gasteiger partial charge < -0.3 is 15.2 Å². The third kappa shape index (κ3) is 4.72. The first kappa shape index (κ1) is 15.7. The summed E-state index contributed by atoms with van der Waals surface area (Å²) in [6, 6.07) is 1.45. The Morgan fingerprint density at radius 1 is 1.50 bits per heavy atom. The van der Waals surface area contributed by atoms with Crippen molar-refractivity contribution >= 4 is 37.5 Å². The Hall–Kier alpha value is -0.370. The number of hydrogen-bond acceptors (Lipinski definition) is 5. The van der Waals surface area contributed by atoms with Crippen molar-refractivity contribution in [1.82, 2.24) is 4.98 Å². The van der Waals surface area contributed by atoms with Crippen LogP contribution in [0.5, 0.6) is 5.88 Å². The van der Waals surface area contributed by atoms with Gasteiger partial charge in [-0.05, 0) is 56.7 Å². The third-order valence-electron chi connectivity index (χ3n) is 2.25. The maximum Gasteiger partial charge on any atom is 0.229 e. The van der Waals surface area contributed by atoms with Crippen LogP contribution < -0.4 is 9.96 Å². The molecule has 7 heteroatoms. The molecule has 0 amide bonds. The van der Waals surface area contributed by atoms with Crippen molar-refractivity contribution in [3.63, 3.8) is 0 Å². The van der Waals surface area contributed by atoms with E-state index in [1.165, 1.54) is 6.07 Å². The van der Waals surface area contributed by atoms with Gasteiger partial charge in [0.15, 0.2) is 0 Å². The number of halogens is 2. The fraction of sp³-hybridized carbons (Fsp3) is 0.545. The summed E-state index contributed by atoms with van der Waals surface area (Å²) >= 11 is 6.35. The zero-order valence-corrected chi connectivity index (χ0v) is 13.4. The zero-order valence-electron chi connectivity index (χ0n) is 10.2. The average molecular weight is 383 g/mol. The van der Waals surface area contributed by atoms with Gasteiger partial charge in [0.2, 0.25) is 5.88 Å². The van der Waals surface area contributed by atoms with Gasteiger partial charge in [-0.3, -0.25) is 5.21 Å². The maximum atomic E-state index is 10.8. The van der Waals surface area contributed by atoms with Gasteiger partial charge >= 0.3 is 0 Å². The largest absolute Gasteiger partial charge is 0.733 e. The Bertz CT molecular complexity index is 400. The molecule has 0 atom stereocenters. The van der Waals surface area contributed by atoms with Gasteiger partial charge in [0.25, 0.3) is 0 Å². The van der Waals surface area contributed by atoms with Crippen LogP contribution in [0.1, 0.15) is 26.7 Å². The SMILES string of the molecule is CC(C)CCCOc1nc(Br)c(N([O-])O)cc1Br. The highest BCUT2D eigenvalue weighted by atomic mass is 79.9. The lowest BCUT2D eigenvalue weighted by atomic mass is 10.1. The minimum atomic E-state index is -0.246. The van der Waals surface area contributed by atoms with Gasteiger partial charge in [-0.15, -0.1) is 0 Å². The Morgan fingerprint density at radius 2 is 2.17 bits per heavy atom. The lowest BCUT2D eigenvalue weighted by Gasteiger charge is -2.23. The summed E-state index contributed by atoms with van der Waals surface area (Å²) < 4.78 is 6.28. The van der Waals surface area contributed by atoms with Gasteiger partial charge in [0.1, 0.15) is 4.60 Å². The minimum Gasteiger partial charge on any atom is -0.733 e. The molecule has 0 bridgehead atoms. The molecule has 5 nitrogen and oxygen atoms in total. The van der Waals surface area contributed by atoms with Crippen LogP contribution in [0, 0.1) is 11.1 Å². The first-order chi connectivity index (χ1) is 8.41. The molecule has 0 saturated heterocycles. The highest BCUT2D eigenvalue weighted by Gasteiger charge is 2.10. The van der Waals surface area contributed by atoms with Crippen LogP contribution in [0.25, 0.3) is 0 Å². The van der Waals surface area contributed by atoms with E-state index in [1.54, 1.807) is 0 Å². The van der Waals surface area contributed by atoms with Gasteiger partial charge in [0, 0.05) is 0 Å².